The Kier molecular flexibility index (Phi) is 9.23. The largest absolute Gasteiger partial charge is 0.208 e. The molecule has 3 nitrogen and oxygen atoms in total. The molecule has 0 aliphatic carbocycles. The quantitative estimate of drug-likeness (QED) is 0.156. The first-order chi connectivity index (χ1) is 28.7. The van der Waals surface area contributed by atoms with Crippen molar-refractivity contribution in [3.63, 3.8) is 0 Å². The summed E-state index contributed by atoms with van der Waals surface area (Å²) in [6.07, 6.45) is 0. The van der Waals surface area contributed by atoms with Crippen molar-refractivity contribution in [1.29, 1.82) is 0 Å². The fourth-order valence-electron chi connectivity index (χ4n) is 7.74. The lowest BCUT2D eigenvalue weighted by Gasteiger charge is -2.15. The number of nitrogens with zero attached hydrogens (tertiary/aromatic N) is 3. The van der Waals surface area contributed by atoms with Crippen LogP contribution in [0, 0.1) is 0 Å². The number of hydrogen-bond acceptors (Lipinski definition) is 3. The van der Waals surface area contributed by atoms with Crippen LogP contribution in [0.1, 0.15) is 0 Å². The van der Waals surface area contributed by atoms with Crippen molar-refractivity contribution in [2.75, 3.05) is 0 Å². The van der Waals surface area contributed by atoms with Gasteiger partial charge in [-0.15, -0.1) is 0 Å². The summed E-state index contributed by atoms with van der Waals surface area (Å²) in [6, 6.07) is 78.9. The first-order valence-corrected chi connectivity index (χ1v) is 19.6. The molecule has 0 N–H and O–H groups in total. The monoisotopic (exact) mass is 739 g/mol. The topological polar surface area (TPSA) is 38.7 Å². The van der Waals surface area contributed by atoms with E-state index in [1.54, 1.807) is 0 Å². The highest BCUT2D eigenvalue weighted by atomic mass is 15.0. The highest BCUT2D eigenvalue weighted by Gasteiger charge is 2.18. The van der Waals surface area contributed by atoms with Gasteiger partial charge in [0.1, 0.15) is 0 Å². The predicted molar refractivity (Wildman–Crippen MR) is 241 cm³/mol. The van der Waals surface area contributed by atoms with Crippen LogP contribution in [0.25, 0.3) is 101 Å². The fourth-order valence-corrected chi connectivity index (χ4v) is 7.74. The van der Waals surface area contributed by atoms with Crippen LogP contribution < -0.4 is 0 Å². The number of benzene rings is 9. The zero-order valence-electron chi connectivity index (χ0n) is 31.7. The van der Waals surface area contributed by atoms with Crippen molar-refractivity contribution in [3.8, 4) is 89.8 Å². The average molecular weight is 740 g/mol. The maximum atomic E-state index is 5.25. The summed E-state index contributed by atoms with van der Waals surface area (Å²) >= 11 is 0. The standard InChI is InChI=1S/C55H37N3/c1-4-13-38(14-5-1)40-25-31-46(32-26-40)53-56-54(47-33-27-41(28-34-47)39-15-6-2-7-16-39)58-55(57-53)52-37-48(35-36-51(52)43-17-8-3-9-18-43)42-23-29-45(30-24-42)50-22-12-20-44-19-10-11-21-49(44)50/h1-37H. The van der Waals surface area contributed by atoms with Crippen LogP contribution in [-0.2, 0) is 0 Å². The van der Waals surface area contributed by atoms with Gasteiger partial charge in [0.25, 0.3) is 0 Å². The summed E-state index contributed by atoms with van der Waals surface area (Å²) in [6.45, 7) is 0. The molecule has 3 heteroatoms. The molecule has 9 aromatic carbocycles. The smallest absolute Gasteiger partial charge is 0.164 e. The molecular formula is C55H37N3. The minimum absolute atomic E-state index is 0.618. The van der Waals surface area contributed by atoms with Crippen LogP contribution in [0.4, 0.5) is 0 Å². The van der Waals surface area contributed by atoms with E-state index in [9.17, 15) is 0 Å². The number of hydrogen-bond donors (Lipinski definition) is 0. The Balaban J connectivity index is 1.10. The Morgan fingerprint density at radius 2 is 0.586 bits per heavy atom. The zero-order valence-corrected chi connectivity index (χ0v) is 31.7. The second-order valence-corrected chi connectivity index (χ2v) is 14.4. The van der Waals surface area contributed by atoms with Crippen LogP contribution in [-0.4, -0.2) is 15.0 Å². The highest BCUT2D eigenvalue weighted by molar-refractivity contribution is 5.97. The summed E-state index contributed by atoms with van der Waals surface area (Å²) in [5.74, 6) is 1.86. The normalized spacial score (nSPS) is 11.1. The van der Waals surface area contributed by atoms with E-state index >= 15 is 0 Å². The van der Waals surface area contributed by atoms with Gasteiger partial charge < -0.3 is 0 Å². The summed E-state index contributed by atoms with van der Waals surface area (Å²) in [5, 5.41) is 2.48. The minimum atomic E-state index is 0.618. The van der Waals surface area contributed by atoms with E-state index in [2.05, 4.69) is 206 Å². The molecule has 0 aliphatic heterocycles. The summed E-state index contributed by atoms with van der Waals surface area (Å²) < 4.78 is 0. The van der Waals surface area contributed by atoms with Crippen LogP contribution in [0.5, 0.6) is 0 Å². The van der Waals surface area contributed by atoms with Gasteiger partial charge in [0.15, 0.2) is 17.5 Å². The van der Waals surface area contributed by atoms with E-state index in [0.29, 0.717) is 17.5 Å². The van der Waals surface area contributed by atoms with Gasteiger partial charge in [0, 0.05) is 16.7 Å². The molecule has 0 unspecified atom stereocenters. The molecule has 1 heterocycles. The Bertz CT molecular complexity index is 2890. The molecule has 0 bridgehead atoms. The first-order valence-electron chi connectivity index (χ1n) is 19.6. The Hall–Kier alpha value is -7.75. The summed E-state index contributed by atoms with van der Waals surface area (Å²) in [4.78, 5) is 15.6. The third-order valence-corrected chi connectivity index (χ3v) is 10.8. The highest BCUT2D eigenvalue weighted by Crippen LogP contribution is 2.37. The maximum absolute atomic E-state index is 5.25. The lowest BCUT2D eigenvalue weighted by molar-refractivity contribution is 1.07. The molecule has 1 aromatic heterocycles. The van der Waals surface area contributed by atoms with Gasteiger partial charge in [0.05, 0.1) is 0 Å². The molecule has 0 amide bonds. The van der Waals surface area contributed by atoms with E-state index < -0.39 is 0 Å². The van der Waals surface area contributed by atoms with Crippen LogP contribution >= 0.6 is 0 Å². The zero-order chi connectivity index (χ0) is 38.7. The van der Waals surface area contributed by atoms with Gasteiger partial charge in [0.2, 0.25) is 0 Å². The van der Waals surface area contributed by atoms with Gasteiger partial charge in [-0.1, -0.05) is 218 Å². The van der Waals surface area contributed by atoms with Crippen molar-refractivity contribution >= 4 is 10.8 Å². The molecule has 0 fully saturated rings. The van der Waals surface area contributed by atoms with Gasteiger partial charge in [-0.05, 0) is 72.5 Å². The predicted octanol–water partition coefficient (Wildman–Crippen LogP) is 14.4. The Labute approximate surface area is 338 Å². The molecule has 0 spiro atoms. The van der Waals surface area contributed by atoms with Crippen LogP contribution in [0.15, 0.2) is 224 Å². The van der Waals surface area contributed by atoms with E-state index in [4.69, 9.17) is 15.0 Å². The molecule has 10 rings (SSSR count). The molecule has 58 heavy (non-hydrogen) atoms. The van der Waals surface area contributed by atoms with Gasteiger partial charge >= 0.3 is 0 Å². The molecule has 0 aliphatic rings. The molecular weight excluding hydrogens is 703 g/mol. The lowest BCUT2D eigenvalue weighted by Crippen LogP contribution is -2.01. The molecule has 0 saturated carbocycles. The van der Waals surface area contributed by atoms with E-state index in [1.807, 2.05) is 18.2 Å². The second-order valence-electron chi connectivity index (χ2n) is 14.4. The van der Waals surface area contributed by atoms with Crippen LogP contribution in [0.2, 0.25) is 0 Å². The Morgan fingerprint density at radius 3 is 1.16 bits per heavy atom. The average Bonchev–Trinajstić information content (AvgIpc) is 3.32. The van der Waals surface area contributed by atoms with E-state index in [-0.39, 0.29) is 0 Å². The van der Waals surface area contributed by atoms with Crippen molar-refractivity contribution in [2.24, 2.45) is 0 Å². The second kappa shape index (κ2) is 15.4. The van der Waals surface area contributed by atoms with Gasteiger partial charge in [-0.3, -0.25) is 0 Å². The van der Waals surface area contributed by atoms with Crippen molar-refractivity contribution in [3.05, 3.63) is 224 Å². The van der Waals surface area contributed by atoms with Crippen molar-refractivity contribution in [1.82, 2.24) is 15.0 Å². The third-order valence-electron chi connectivity index (χ3n) is 10.8. The maximum Gasteiger partial charge on any atom is 0.164 e. The summed E-state index contributed by atoms with van der Waals surface area (Å²) in [5.41, 5.74) is 14.2. The molecule has 0 atom stereocenters. The molecule has 0 saturated heterocycles. The fraction of sp³-hybridized carbons (Fsp3) is 0. The number of fused-ring (bicyclic) bond motifs is 1. The molecule has 0 radical (unpaired) electrons. The lowest BCUT2D eigenvalue weighted by atomic mass is 9.93. The molecule has 10 aromatic rings. The first kappa shape index (κ1) is 34.7. The molecule has 272 valence electrons. The SMILES string of the molecule is c1ccc(-c2ccc(-c3nc(-c4ccc(-c5ccccc5)cc4)nc(-c4cc(-c5ccc(-c6cccc7ccccc67)cc5)ccc4-c4ccccc4)n3)cc2)cc1. The number of rotatable bonds is 8. The Morgan fingerprint density at radius 1 is 0.207 bits per heavy atom. The minimum Gasteiger partial charge on any atom is -0.208 e. The van der Waals surface area contributed by atoms with E-state index in [1.165, 1.54) is 33.0 Å². The summed E-state index contributed by atoms with van der Waals surface area (Å²) in [7, 11) is 0. The van der Waals surface area contributed by atoms with Gasteiger partial charge in [-0.2, -0.15) is 0 Å². The van der Waals surface area contributed by atoms with E-state index in [0.717, 1.165) is 50.1 Å². The van der Waals surface area contributed by atoms with Crippen LogP contribution in [0.3, 0.4) is 0 Å². The number of aromatic nitrogens is 3. The van der Waals surface area contributed by atoms with Crippen molar-refractivity contribution in [2.45, 2.75) is 0 Å². The van der Waals surface area contributed by atoms with Gasteiger partial charge in [-0.25, -0.2) is 15.0 Å². The van der Waals surface area contributed by atoms with Crippen molar-refractivity contribution < 1.29 is 0 Å². The third kappa shape index (κ3) is 6.98.